The lowest BCUT2D eigenvalue weighted by Crippen LogP contribution is -2.26. The Labute approximate surface area is 117 Å². The number of H-pyrrole nitrogens is 1. The van der Waals surface area contributed by atoms with Gasteiger partial charge in [-0.1, -0.05) is 18.2 Å². The van der Waals surface area contributed by atoms with E-state index in [0.717, 1.165) is 22.0 Å². The Morgan fingerprint density at radius 2 is 2.15 bits per heavy atom. The van der Waals surface area contributed by atoms with Crippen molar-refractivity contribution < 1.29 is 14.7 Å². The molecule has 1 aromatic heterocycles. The normalized spacial score (nSPS) is 10.7. The summed E-state index contributed by atoms with van der Waals surface area (Å²) in [6.45, 7) is 2.42. The molecule has 3 N–H and O–H groups in total. The summed E-state index contributed by atoms with van der Waals surface area (Å²) in [4.78, 5) is 25.4. The van der Waals surface area contributed by atoms with E-state index in [0.29, 0.717) is 19.4 Å². The van der Waals surface area contributed by atoms with Crippen LogP contribution < -0.4 is 5.32 Å². The van der Waals surface area contributed by atoms with Crippen LogP contribution in [0, 0.1) is 6.92 Å². The molecule has 5 nitrogen and oxygen atoms in total. The van der Waals surface area contributed by atoms with Crippen LogP contribution in [0.4, 0.5) is 0 Å². The molecule has 0 saturated heterocycles. The van der Waals surface area contributed by atoms with Gasteiger partial charge in [0.15, 0.2) is 0 Å². The van der Waals surface area contributed by atoms with E-state index in [4.69, 9.17) is 5.11 Å². The molecule has 20 heavy (non-hydrogen) atoms. The second-order valence-electron chi connectivity index (χ2n) is 4.84. The van der Waals surface area contributed by atoms with Crippen molar-refractivity contribution in [2.45, 2.75) is 26.2 Å². The van der Waals surface area contributed by atoms with Crippen molar-refractivity contribution in [3.05, 3.63) is 35.5 Å². The molecule has 1 heterocycles. The summed E-state index contributed by atoms with van der Waals surface area (Å²) in [5.41, 5.74) is 3.16. The minimum absolute atomic E-state index is 0.0760. The number of hydrogen-bond acceptors (Lipinski definition) is 2. The van der Waals surface area contributed by atoms with E-state index in [9.17, 15) is 9.59 Å². The Morgan fingerprint density at radius 1 is 1.35 bits per heavy atom. The van der Waals surface area contributed by atoms with Crippen LogP contribution in [0.15, 0.2) is 24.4 Å². The van der Waals surface area contributed by atoms with Crippen molar-refractivity contribution in [3.63, 3.8) is 0 Å². The molecule has 0 unspecified atom stereocenters. The molecule has 0 saturated carbocycles. The van der Waals surface area contributed by atoms with Gasteiger partial charge in [-0.3, -0.25) is 9.59 Å². The van der Waals surface area contributed by atoms with Crippen molar-refractivity contribution in [2.24, 2.45) is 0 Å². The zero-order valence-electron chi connectivity index (χ0n) is 11.4. The number of aliphatic carboxylic acids is 1. The second-order valence-corrected chi connectivity index (χ2v) is 4.84. The Morgan fingerprint density at radius 3 is 2.90 bits per heavy atom. The third kappa shape index (κ3) is 3.38. The van der Waals surface area contributed by atoms with E-state index in [-0.39, 0.29) is 12.3 Å². The number of amides is 1. The minimum Gasteiger partial charge on any atom is -0.481 e. The lowest BCUT2D eigenvalue weighted by molar-refractivity contribution is -0.137. The topological polar surface area (TPSA) is 82.2 Å². The van der Waals surface area contributed by atoms with Crippen LogP contribution in [0.5, 0.6) is 0 Å². The summed E-state index contributed by atoms with van der Waals surface area (Å²) in [7, 11) is 0. The van der Waals surface area contributed by atoms with Crippen molar-refractivity contribution in [3.8, 4) is 0 Å². The summed E-state index contributed by atoms with van der Waals surface area (Å²) < 4.78 is 0. The number of hydrogen-bond donors (Lipinski definition) is 3. The van der Waals surface area contributed by atoms with E-state index >= 15 is 0 Å². The monoisotopic (exact) mass is 274 g/mol. The number of aromatic amines is 1. The molecule has 5 heteroatoms. The molecule has 0 aliphatic carbocycles. The van der Waals surface area contributed by atoms with E-state index in [1.807, 2.05) is 31.3 Å². The van der Waals surface area contributed by atoms with E-state index in [2.05, 4.69) is 10.3 Å². The van der Waals surface area contributed by atoms with Crippen LogP contribution >= 0.6 is 0 Å². The summed E-state index contributed by atoms with van der Waals surface area (Å²) in [6, 6.07) is 5.99. The minimum atomic E-state index is -0.841. The number of carboxylic acids is 1. The number of aromatic nitrogens is 1. The van der Waals surface area contributed by atoms with Gasteiger partial charge in [0.25, 0.3) is 0 Å². The third-order valence-electron chi connectivity index (χ3n) is 3.25. The fourth-order valence-electron chi connectivity index (χ4n) is 2.21. The zero-order chi connectivity index (χ0) is 14.5. The fourth-order valence-corrected chi connectivity index (χ4v) is 2.21. The maximum Gasteiger partial charge on any atom is 0.303 e. The highest BCUT2D eigenvalue weighted by molar-refractivity contribution is 5.90. The predicted octanol–water partition coefficient (Wildman–Crippen LogP) is 2.00. The lowest BCUT2D eigenvalue weighted by atomic mass is 10.1. The molecular weight excluding hydrogens is 256 g/mol. The standard InChI is InChI=1S/C15H18N2O3/c1-10-4-2-5-12-11(9-17-15(10)12)8-13(18)16-7-3-6-14(19)20/h2,4-5,9,17H,3,6-8H2,1H3,(H,16,18)(H,19,20). The molecule has 0 atom stereocenters. The van der Waals surface area contributed by atoms with Gasteiger partial charge in [0.1, 0.15) is 0 Å². The smallest absolute Gasteiger partial charge is 0.303 e. The van der Waals surface area contributed by atoms with Crippen molar-refractivity contribution in [1.29, 1.82) is 0 Å². The van der Waals surface area contributed by atoms with Crippen molar-refractivity contribution >= 4 is 22.8 Å². The van der Waals surface area contributed by atoms with Crippen molar-refractivity contribution in [2.75, 3.05) is 6.54 Å². The Kier molecular flexibility index (Phi) is 4.40. The van der Waals surface area contributed by atoms with Crippen LogP contribution in [0.1, 0.15) is 24.0 Å². The number of aryl methyl sites for hydroxylation is 1. The maximum atomic E-state index is 11.8. The Bertz CT molecular complexity index is 631. The predicted molar refractivity (Wildman–Crippen MR) is 76.6 cm³/mol. The summed E-state index contributed by atoms with van der Waals surface area (Å²) in [5, 5.41) is 12.3. The molecule has 2 aromatic rings. The van der Waals surface area contributed by atoms with Gasteiger partial charge in [-0.05, 0) is 24.5 Å². The fraction of sp³-hybridized carbons (Fsp3) is 0.333. The highest BCUT2D eigenvalue weighted by Crippen LogP contribution is 2.21. The largest absolute Gasteiger partial charge is 0.481 e. The van der Waals surface area contributed by atoms with Crippen molar-refractivity contribution in [1.82, 2.24) is 10.3 Å². The van der Waals surface area contributed by atoms with E-state index in [1.54, 1.807) is 0 Å². The third-order valence-corrected chi connectivity index (χ3v) is 3.25. The number of nitrogens with one attached hydrogen (secondary N) is 2. The van der Waals surface area contributed by atoms with Gasteiger partial charge >= 0.3 is 5.97 Å². The maximum absolute atomic E-state index is 11.8. The van der Waals surface area contributed by atoms with Gasteiger partial charge in [0, 0.05) is 30.1 Å². The van der Waals surface area contributed by atoms with Crippen LogP contribution in [0.3, 0.4) is 0 Å². The van der Waals surface area contributed by atoms with E-state index in [1.165, 1.54) is 0 Å². The summed E-state index contributed by atoms with van der Waals surface area (Å²) in [6.07, 6.45) is 2.69. The first-order valence-corrected chi connectivity index (χ1v) is 6.62. The first-order valence-electron chi connectivity index (χ1n) is 6.62. The lowest BCUT2D eigenvalue weighted by Gasteiger charge is -2.04. The van der Waals surface area contributed by atoms with Gasteiger partial charge in [0.05, 0.1) is 6.42 Å². The number of fused-ring (bicyclic) bond motifs is 1. The molecule has 1 aromatic carbocycles. The molecule has 2 rings (SSSR count). The average Bonchev–Trinajstić information content (AvgIpc) is 2.79. The molecule has 0 bridgehead atoms. The first-order chi connectivity index (χ1) is 9.58. The summed E-state index contributed by atoms with van der Waals surface area (Å²) in [5.74, 6) is -0.927. The molecule has 0 aliphatic rings. The molecule has 0 fully saturated rings. The number of carboxylic acid groups (broad SMARTS) is 1. The van der Waals surface area contributed by atoms with E-state index < -0.39 is 5.97 Å². The SMILES string of the molecule is Cc1cccc2c(CC(=O)NCCCC(=O)O)c[nH]c12. The second kappa shape index (κ2) is 6.23. The van der Waals surface area contributed by atoms with Gasteiger partial charge in [-0.15, -0.1) is 0 Å². The number of para-hydroxylation sites is 1. The molecule has 0 radical (unpaired) electrons. The number of benzene rings is 1. The molecule has 106 valence electrons. The van der Waals surface area contributed by atoms with Gasteiger partial charge in [-0.2, -0.15) is 0 Å². The molecule has 1 amide bonds. The van der Waals surface area contributed by atoms with Gasteiger partial charge in [-0.25, -0.2) is 0 Å². The molecule has 0 spiro atoms. The average molecular weight is 274 g/mol. The summed E-state index contributed by atoms with van der Waals surface area (Å²) >= 11 is 0. The highest BCUT2D eigenvalue weighted by Gasteiger charge is 2.09. The van der Waals surface area contributed by atoms with Gasteiger partial charge in [0.2, 0.25) is 5.91 Å². The number of carbonyl (C=O) groups is 2. The Balaban J connectivity index is 1.93. The quantitative estimate of drug-likeness (QED) is 0.705. The zero-order valence-corrected chi connectivity index (χ0v) is 11.4. The molecule has 0 aliphatic heterocycles. The number of carbonyl (C=O) groups excluding carboxylic acids is 1. The van der Waals surface area contributed by atoms with Crippen LogP contribution in [-0.2, 0) is 16.0 Å². The molecular formula is C15H18N2O3. The number of rotatable bonds is 6. The first kappa shape index (κ1) is 14.1. The van der Waals surface area contributed by atoms with Gasteiger partial charge < -0.3 is 15.4 Å². The van der Waals surface area contributed by atoms with Crippen LogP contribution in [0.2, 0.25) is 0 Å². The highest BCUT2D eigenvalue weighted by atomic mass is 16.4. The Hall–Kier alpha value is -2.30. The van der Waals surface area contributed by atoms with Crippen LogP contribution in [0.25, 0.3) is 10.9 Å². The van der Waals surface area contributed by atoms with Crippen LogP contribution in [-0.4, -0.2) is 28.5 Å².